The van der Waals surface area contributed by atoms with Crippen molar-refractivity contribution in [1.82, 2.24) is 20.1 Å². The first-order chi connectivity index (χ1) is 11.6. The van der Waals surface area contributed by atoms with Crippen molar-refractivity contribution in [2.45, 2.75) is 32.3 Å². The number of aliphatic hydroxyl groups is 1. The first kappa shape index (κ1) is 18.5. The van der Waals surface area contributed by atoms with E-state index in [2.05, 4.69) is 15.4 Å². The van der Waals surface area contributed by atoms with Gasteiger partial charge in [-0.1, -0.05) is 26.0 Å². The summed E-state index contributed by atoms with van der Waals surface area (Å²) < 4.78 is 15.3. The largest absolute Gasteiger partial charge is 0.479 e. The van der Waals surface area contributed by atoms with Gasteiger partial charge in [0.2, 0.25) is 5.82 Å². The van der Waals surface area contributed by atoms with Gasteiger partial charge in [-0.2, -0.15) is 0 Å². The van der Waals surface area contributed by atoms with Gasteiger partial charge in [-0.25, -0.2) is 18.9 Å². The Labute approximate surface area is 143 Å². The summed E-state index contributed by atoms with van der Waals surface area (Å²) in [5.41, 5.74) is -1.97. The fourth-order valence-electron chi connectivity index (χ4n) is 2.00. The van der Waals surface area contributed by atoms with Crippen molar-refractivity contribution in [1.29, 1.82) is 0 Å². The third kappa shape index (κ3) is 4.00. The molecule has 1 amide bonds. The van der Waals surface area contributed by atoms with Crippen LogP contribution in [-0.2, 0) is 4.79 Å². The molecule has 1 aromatic heterocycles. The summed E-state index contributed by atoms with van der Waals surface area (Å²) in [6.07, 6.45) is 0. The van der Waals surface area contributed by atoms with Crippen LogP contribution in [0.3, 0.4) is 0 Å². The molecule has 25 heavy (non-hydrogen) atoms. The second-order valence-electron chi connectivity index (χ2n) is 6.07. The van der Waals surface area contributed by atoms with Crippen molar-refractivity contribution < 1.29 is 24.2 Å². The molecule has 0 aliphatic rings. The van der Waals surface area contributed by atoms with Gasteiger partial charge in [-0.05, 0) is 19.1 Å². The average molecular weight is 350 g/mol. The molecule has 1 aromatic carbocycles. The van der Waals surface area contributed by atoms with Crippen molar-refractivity contribution >= 4 is 11.9 Å². The molecule has 0 aliphatic carbocycles. The van der Waals surface area contributed by atoms with Crippen LogP contribution in [0.25, 0.3) is 5.69 Å². The maximum Gasteiger partial charge on any atom is 0.337 e. The minimum atomic E-state index is -2.12. The van der Waals surface area contributed by atoms with Gasteiger partial charge < -0.3 is 15.5 Å². The van der Waals surface area contributed by atoms with Crippen LogP contribution < -0.4 is 5.32 Å². The lowest BCUT2D eigenvalue weighted by Crippen LogP contribution is -2.46. The lowest BCUT2D eigenvalue weighted by atomic mass is 10.1. The smallest absolute Gasteiger partial charge is 0.337 e. The number of carboxylic acids is 1. The van der Waals surface area contributed by atoms with Crippen LogP contribution in [0.1, 0.15) is 43.1 Å². The Morgan fingerprint density at radius 3 is 2.56 bits per heavy atom. The summed E-state index contributed by atoms with van der Waals surface area (Å²) in [5, 5.41) is 24.8. The molecule has 0 bridgehead atoms. The Kier molecular flexibility index (Phi) is 5.17. The number of amides is 1. The van der Waals surface area contributed by atoms with Crippen LogP contribution in [0.4, 0.5) is 4.39 Å². The molecule has 1 unspecified atom stereocenters. The zero-order chi connectivity index (χ0) is 18.8. The molecule has 0 radical (unpaired) electrons. The lowest BCUT2D eigenvalue weighted by Gasteiger charge is -2.17. The van der Waals surface area contributed by atoms with E-state index in [0.29, 0.717) is 5.82 Å². The molecule has 0 spiro atoms. The van der Waals surface area contributed by atoms with E-state index in [1.807, 2.05) is 13.8 Å². The number of nitrogens with one attached hydrogen (secondary N) is 1. The van der Waals surface area contributed by atoms with Gasteiger partial charge in [-0.3, -0.25) is 4.79 Å². The molecule has 1 atom stereocenters. The fourth-order valence-corrected chi connectivity index (χ4v) is 2.00. The maximum absolute atomic E-state index is 14.0. The van der Waals surface area contributed by atoms with E-state index in [1.165, 1.54) is 22.9 Å². The summed E-state index contributed by atoms with van der Waals surface area (Å²) in [5.74, 6) is -2.77. The minimum Gasteiger partial charge on any atom is -0.479 e. The number of aliphatic carboxylic acids is 1. The van der Waals surface area contributed by atoms with Crippen LogP contribution in [0.15, 0.2) is 24.3 Å². The number of rotatable bonds is 6. The van der Waals surface area contributed by atoms with Crippen LogP contribution in [0.5, 0.6) is 0 Å². The van der Waals surface area contributed by atoms with Crippen LogP contribution in [-0.4, -0.2) is 49.0 Å². The quantitative estimate of drug-likeness (QED) is 0.718. The highest BCUT2D eigenvalue weighted by Crippen LogP contribution is 2.19. The normalized spacial score (nSPS) is 13.5. The second kappa shape index (κ2) is 6.98. The minimum absolute atomic E-state index is 0.143. The van der Waals surface area contributed by atoms with E-state index < -0.39 is 29.8 Å². The molecule has 2 rings (SSSR count). The molecule has 9 heteroatoms. The average Bonchev–Trinajstić information content (AvgIpc) is 2.98. The number of aromatic nitrogens is 3. The van der Waals surface area contributed by atoms with Crippen molar-refractivity contribution in [3.63, 3.8) is 0 Å². The Hall–Kier alpha value is -2.81. The van der Waals surface area contributed by atoms with Gasteiger partial charge in [0.15, 0.2) is 5.60 Å². The maximum atomic E-state index is 14.0. The topological polar surface area (TPSA) is 117 Å². The van der Waals surface area contributed by atoms with Crippen molar-refractivity contribution in [3.05, 3.63) is 41.7 Å². The van der Waals surface area contributed by atoms with E-state index in [1.54, 1.807) is 6.07 Å². The molecule has 134 valence electrons. The van der Waals surface area contributed by atoms with E-state index in [4.69, 9.17) is 5.11 Å². The number of carbonyl (C=O) groups is 2. The molecule has 1 heterocycles. The Morgan fingerprint density at radius 1 is 1.36 bits per heavy atom. The number of carboxylic acid groups (broad SMARTS) is 1. The highest BCUT2D eigenvalue weighted by molar-refractivity contribution is 5.91. The van der Waals surface area contributed by atoms with Gasteiger partial charge in [0, 0.05) is 5.92 Å². The Morgan fingerprint density at radius 2 is 2.00 bits per heavy atom. The Balaban J connectivity index is 2.32. The number of para-hydroxylation sites is 1. The monoisotopic (exact) mass is 350 g/mol. The van der Waals surface area contributed by atoms with Crippen LogP contribution >= 0.6 is 0 Å². The molecule has 3 N–H and O–H groups in total. The highest BCUT2D eigenvalue weighted by atomic mass is 19.1. The van der Waals surface area contributed by atoms with Gasteiger partial charge in [0.25, 0.3) is 5.91 Å². The second-order valence-corrected chi connectivity index (χ2v) is 6.07. The number of hydrogen-bond acceptors (Lipinski definition) is 5. The number of halogens is 1. The molecule has 0 saturated carbocycles. The van der Waals surface area contributed by atoms with Crippen molar-refractivity contribution in [2.24, 2.45) is 0 Å². The van der Waals surface area contributed by atoms with Gasteiger partial charge in [-0.15, -0.1) is 5.10 Å². The van der Waals surface area contributed by atoms with E-state index in [0.717, 1.165) is 6.92 Å². The number of hydrogen-bond donors (Lipinski definition) is 3. The summed E-state index contributed by atoms with van der Waals surface area (Å²) in [4.78, 5) is 27.1. The Bertz CT molecular complexity index is 801. The van der Waals surface area contributed by atoms with Gasteiger partial charge in [0.05, 0.1) is 6.54 Å². The summed E-state index contributed by atoms with van der Waals surface area (Å²) >= 11 is 0. The summed E-state index contributed by atoms with van der Waals surface area (Å²) in [6, 6.07) is 5.94. The predicted molar refractivity (Wildman–Crippen MR) is 86.0 cm³/mol. The third-order valence-corrected chi connectivity index (χ3v) is 3.49. The number of nitrogens with zero attached hydrogens (tertiary/aromatic N) is 3. The number of carbonyl (C=O) groups excluding carboxylic acids is 1. The third-order valence-electron chi connectivity index (χ3n) is 3.49. The standard InChI is InChI=1S/C16H19FN4O4/c1-9(2)13-19-12(14(22)18-8-16(3,25)15(23)24)20-21(13)11-7-5-4-6-10(11)17/h4-7,9,25H,8H2,1-3H3,(H,18,22)(H,23,24). The fraction of sp³-hybridized carbons (Fsp3) is 0.375. The van der Waals surface area contributed by atoms with Gasteiger partial charge >= 0.3 is 5.97 Å². The molecule has 0 aliphatic heterocycles. The number of benzene rings is 1. The van der Waals surface area contributed by atoms with Crippen LogP contribution in [0, 0.1) is 5.82 Å². The molecular formula is C16H19FN4O4. The molecule has 8 nitrogen and oxygen atoms in total. The molecular weight excluding hydrogens is 331 g/mol. The SMILES string of the molecule is CC(C)c1nc(C(=O)NCC(C)(O)C(=O)O)nn1-c1ccccc1F. The molecule has 0 saturated heterocycles. The van der Waals surface area contributed by atoms with Crippen molar-refractivity contribution in [2.75, 3.05) is 6.54 Å². The molecule has 2 aromatic rings. The summed E-state index contributed by atoms with van der Waals surface area (Å²) in [6.45, 7) is 4.17. The van der Waals surface area contributed by atoms with E-state index in [9.17, 15) is 19.1 Å². The zero-order valence-electron chi connectivity index (χ0n) is 14.0. The van der Waals surface area contributed by atoms with Crippen LogP contribution in [0.2, 0.25) is 0 Å². The highest BCUT2D eigenvalue weighted by Gasteiger charge is 2.31. The molecule has 0 fully saturated rings. The predicted octanol–water partition coefficient (Wildman–Crippen LogP) is 1.10. The van der Waals surface area contributed by atoms with E-state index in [-0.39, 0.29) is 17.4 Å². The van der Waals surface area contributed by atoms with E-state index >= 15 is 0 Å². The summed E-state index contributed by atoms with van der Waals surface area (Å²) in [7, 11) is 0. The lowest BCUT2D eigenvalue weighted by molar-refractivity contribution is -0.155. The van der Waals surface area contributed by atoms with Crippen molar-refractivity contribution in [3.8, 4) is 5.69 Å². The zero-order valence-corrected chi connectivity index (χ0v) is 14.0. The first-order valence-corrected chi connectivity index (χ1v) is 7.59. The first-order valence-electron chi connectivity index (χ1n) is 7.59. The van der Waals surface area contributed by atoms with Gasteiger partial charge in [0.1, 0.15) is 17.3 Å².